The number of aryl methyl sites for hydroxylation is 1. The zero-order chi connectivity index (χ0) is 15.4. The van der Waals surface area contributed by atoms with Crippen LogP contribution >= 0.6 is 0 Å². The number of methoxy groups -OCH3 is 1. The molecule has 112 valence electrons. The third kappa shape index (κ3) is 3.56. The second-order valence-electron chi connectivity index (χ2n) is 5.32. The van der Waals surface area contributed by atoms with Gasteiger partial charge in [-0.2, -0.15) is 0 Å². The van der Waals surface area contributed by atoms with Crippen LogP contribution in [0.1, 0.15) is 29.7 Å². The number of benzene rings is 2. The first kappa shape index (κ1) is 15.4. The number of hydrogen-bond donors (Lipinski definition) is 1. The van der Waals surface area contributed by atoms with Crippen LogP contribution in [0.2, 0.25) is 0 Å². The van der Waals surface area contributed by atoms with Gasteiger partial charge in [0.15, 0.2) is 0 Å². The summed E-state index contributed by atoms with van der Waals surface area (Å²) in [5, 5.41) is 0. The third-order valence-electron chi connectivity index (χ3n) is 3.87. The molecular formula is C18H23NO2. The van der Waals surface area contributed by atoms with E-state index in [-0.39, 0.29) is 12.1 Å². The molecule has 0 aromatic heterocycles. The van der Waals surface area contributed by atoms with Crippen LogP contribution in [-0.2, 0) is 0 Å². The van der Waals surface area contributed by atoms with Gasteiger partial charge in [-0.05, 0) is 55.7 Å². The highest BCUT2D eigenvalue weighted by molar-refractivity contribution is 5.38. The predicted molar refractivity (Wildman–Crippen MR) is 85.9 cm³/mol. The maximum Gasteiger partial charge on any atom is 0.122 e. The molecule has 2 rings (SSSR count). The van der Waals surface area contributed by atoms with Crippen molar-refractivity contribution in [3.8, 4) is 11.5 Å². The largest absolute Gasteiger partial charge is 0.497 e. The topological polar surface area (TPSA) is 44.5 Å². The number of rotatable bonds is 5. The van der Waals surface area contributed by atoms with Crippen LogP contribution in [0.3, 0.4) is 0 Å². The van der Waals surface area contributed by atoms with Gasteiger partial charge in [-0.1, -0.05) is 24.3 Å². The SMILES string of the molecule is COc1ccc(C(N)C(C)Oc2cccc(C)c2C)cc1. The molecule has 0 spiro atoms. The summed E-state index contributed by atoms with van der Waals surface area (Å²) in [7, 11) is 1.65. The van der Waals surface area contributed by atoms with Crippen LogP contribution < -0.4 is 15.2 Å². The van der Waals surface area contributed by atoms with E-state index in [1.54, 1.807) is 7.11 Å². The minimum atomic E-state index is -0.184. The molecule has 2 unspecified atom stereocenters. The van der Waals surface area contributed by atoms with Crippen LogP contribution in [-0.4, -0.2) is 13.2 Å². The average molecular weight is 285 g/mol. The maximum atomic E-state index is 6.30. The highest BCUT2D eigenvalue weighted by Gasteiger charge is 2.17. The molecule has 0 aliphatic heterocycles. The lowest BCUT2D eigenvalue weighted by atomic mass is 10.0. The highest BCUT2D eigenvalue weighted by atomic mass is 16.5. The number of ether oxygens (including phenoxy) is 2. The van der Waals surface area contributed by atoms with Crippen LogP contribution in [0.4, 0.5) is 0 Å². The van der Waals surface area contributed by atoms with Crippen molar-refractivity contribution in [3.05, 3.63) is 59.2 Å². The fourth-order valence-electron chi connectivity index (χ4n) is 2.22. The fraction of sp³-hybridized carbons (Fsp3) is 0.333. The van der Waals surface area contributed by atoms with Gasteiger partial charge >= 0.3 is 0 Å². The van der Waals surface area contributed by atoms with E-state index >= 15 is 0 Å². The van der Waals surface area contributed by atoms with E-state index in [2.05, 4.69) is 19.9 Å². The van der Waals surface area contributed by atoms with Crippen LogP contribution in [0, 0.1) is 13.8 Å². The molecule has 2 aromatic carbocycles. The molecule has 3 heteroatoms. The molecule has 0 aliphatic carbocycles. The summed E-state index contributed by atoms with van der Waals surface area (Å²) in [6.07, 6.45) is -0.112. The highest BCUT2D eigenvalue weighted by Crippen LogP contribution is 2.25. The zero-order valence-corrected chi connectivity index (χ0v) is 13.1. The Labute approximate surface area is 126 Å². The standard InChI is InChI=1S/C18H23NO2/c1-12-6-5-7-17(13(12)2)21-14(3)18(19)15-8-10-16(20-4)11-9-15/h5-11,14,18H,19H2,1-4H3. The molecule has 0 saturated heterocycles. The Hall–Kier alpha value is -2.00. The van der Waals surface area contributed by atoms with E-state index < -0.39 is 0 Å². The average Bonchev–Trinajstić information content (AvgIpc) is 2.51. The van der Waals surface area contributed by atoms with Crippen molar-refractivity contribution >= 4 is 0 Å². The van der Waals surface area contributed by atoms with Crippen molar-refractivity contribution in [2.75, 3.05) is 7.11 Å². The quantitative estimate of drug-likeness (QED) is 0.909. The van der Waals surface area contributed by atoms with E-state index in [0.717, 1.165) is 22.6 Å². The molecule has 0 amide bonds. The molecular weight excluding hydrogens is 262 g/mol. The van der Waals surface area contributed by atoms with Crippen molar-refractivity contribution in [2.45, 2.75) is 32.9 Å². The van der Waals surface area contributed by atoms with Crippen molar-refractivity contribution < 1.29 is 9.47 Å². The summed E-state index contributed by atoms with van der Waals surface area (Å²) in [5.41, 5.74) is 9.71. The summed E-state index contributed by atoms with van der Waals surface area (Å²) < 4.78 is 11.2. The summed E-state index contributed by atoms with van der Waals surface area (Å²) >= 11 is 0. The van der Waals surface area contributed by atoms with Crippen molar-refractivity contribution in [3.63, 3.8) is 0 Å². The predicted octanol–water partition coefficient (Wildman–Crippen LogP) is 3.78. The Morgan fingerprint density at radius 1 is 1.00 bits per heavy atom. The minimum Gasteiger partial charge on any atom is -0.497 e. The van der Waals surface area contributed by atoms with Gasteiger partial charge in [-0.15, -0.1) is 0 Å². The second kappa shape index (κ2) is 6.64. The molecule has 21 heavy (non-hydrogen) atoms. The smallest absolute Gasteiger partial charge is 0.122 e. The molecule has 2 N–H and O–H groups in total. The van der Waals surface area contributed by atoms with Gasteiger partial charge in [0.2, 0.25) is 0 Å². The Morgan fingerprint density at radius 2 is 1.67 bits per heavy atom. The Kier molecular flexibility index (Phi) is 4.86. The van der Waals surface area contributed by atoms with Crippen LogP contribution in [0.5, 0.6) is 11.5 Å². The fourth-order valence-corrected chi connectivity index (χ4v) is 2.22. The molecule has 2 aromatic rings. The normalized spacial score (nSPS) is 13.6. The molecule has 0 aliphatic rings. The Bertz CT molecular complexity index is 593. The van der Waals surface area contributed by atoms with E-state index in [4.69, 9.17) is 15.2 Å². The van der Waals surface area contributed by atoms with Gasteiger partial charge in [0.25, 0.3) is 0 Å². The number of nitrogens with two attached hydrogens (primary N) is 1. The summed E-state index contributed by atoms with van der Waals surface area (Å²) in [5.74, 6) is 1.72. The van der Waals surface area contributed by atoms with Gasteiger partial charge in [0.05, 0.1) is 13.2 Å². The van der Waals surface area contributed by atoms with Crippen LogP contribution in [0.25, 0.3) is 0 Å². The van der Waals surface area contributed by atoms with E-state index in [0.29, 0.717) is 0 Å². The number of hydrogen-bond acceptors (Lipinski definition) is 3. The second-order valence-corrected chi connectivity index (χ2v) is 5.32. The van der Waals surface area contributed by atoms with Gasteiger partial charge in [0, 0.05) is 0 Å². The van der Waals surface area contributed by atoms with Gasteiger partial charge in [-0.25, -0.2) is 0 Å². The van der Waals surface area contributed by atoms with Crippen molar-refractivity contribution in [1.82, 2.24) is 0 Å². The van der Waals surface area contributed by atoms with E-state index in [1.165, 1.54) is 5.56 Å². The first-order valence-electron chi connectivity index (χ1n) is 7.15. The van der Waals surface area contributed by atoms with Crippen LogP contribution in [0.15, 0.2) is 42.5 Å². The molecule has 0 fully saturated rings. The van der Waals surface area contributed by atoms with Gasteiger partial charge in [-0.3, -0.25) is 0 Å². The summed E-state index contributed by atoms with van der Waals surface area (Å²) in [6.45, 7) is 6.14. The summed E-state index contributed by atoms with van der Waals surface area (Å²) in [6, 6.07) is 13.7. The molecule has 0 radical (unpaired) electrons. The third-order valence-corrected chi connectivity index (χ3v) is 3.87. The molecule has 2 atom stereocenters. The first-order chi connectivity index (χ1) is 10.0. The molecule has 0 bridgehead atoms. The molecule has 3 nitrogen and oxygen atoms in total. The van der Waals surface area contributed by atoms with Gasteiger partial charge in [0.1, 0.15) is 17.6 Å². The van der Waals surface area contributed by atoms with Crippen molar-refractivity contribution in [2.24, 2.45) is 5.73 Å². The molecule has 0 heterocycles. The maximum absolute atomic E-state index is 6.30. The Morgan fingerprint density at radius 3 is 2.29 bits per heavy atom. The zero-order valence-electron chi connectivity index (χ0n) is 13.1. The van der Waals surface area contributed by atoms with Gasteiger partial charge < -0.3 is 15.2 Å². The van der Waals surface area contributed by atoms with E-state index in [1.807, 2.05) is 43.3 Å². The Balaban J connectivity index is 2.11. The lowest BCUT2D eigenvalue weighted by Gasteiger charge is -2.23. The monoisotopic (exact) mass is 285 g/mol. The minimum absolute atomic E-state index is 0.112. The summed E-state index contributed by atoms with van der Waals surface area (Å²) in [4.78, 5) is 0. The lowest BCUT2D eigenvalue weighted by molar-refractivity contribution is 0.189. The van der Waals surface area contributed by atoms with E-state index in [9.17, 15) is 0 Å². The first-order valence-corrected chi connectivity index (χ1v) is 7.15. The molecule has 0 saturated carbocycles. The lowest BCUT2D eigenvalue weighted by Crippen LogP contribution is -2.29. The van der Waals surface area contributed by atoms with Crippen molar-refractivity contribution in [1.29, 1.82) is 0 Å².